The summed E-state index contributed by atoms with van der Waals surface area (Å²) < 4.78 is 26.1. The van der Waals surface area contributed by atoms with E-state index in [1.165, 1.54) is 16.4 Å². The molecule has 0 amide bonds. The van der Waals surface area contributed by atoms with Crippen LogP contribution in [0.4, 0.5) is 5.69 Å². The van der Waals surface area contributed by atoms with Crippen molar-refractivity contribution in [1.82, 2.24) is 4.31 Å². The molecule has 100 valence electrons. The predicted molar refractivity (Wildman–Crippen MR) is 72.9 cm³/mol. The van der Waals surface area contributed by atoms with Gasteiger partial charge in [-0.25, -0.2) is 8.42 Å². The van der Waals surface area contributed by atoms with Crippen molar-refractivity contribution in [1.29, 1.82) is 0 Å². The van der Waals surface area contributed by atoms with E-state index in [1.807, 2.05) is 0 Å². The van der Waals surface area contributed by atoms with E-state index in [0.29, 0.717) is 4.47 Å². The third-order valence-corrected chi connectivity index (χ3v) is 5.87. The summed E-state index contributed by atoms with van der Waals surface area (Å²) in [5.74, 6) is 0. The molecule has 0 radical (unpaired) electrons. The van der Waals surface area contributed by atoms with Crippen molar-refractivity contribution in [2.24, 2.45) is 0 Å². The van der Waals surface area contributed by atoms with Gasteiger partial charge in [-0.15, -0.1) is 0 Å². The molecule has 0 atom stereocenters. The second kappa shape index (κ2) is 4.35. The first-order chi connectivity index (χ1) is 8.13. The number of β-amino-alcohol motifs (C(OH)–C–C–N with tert-alkyl or cyclic N) is 1. The van der Waals surface area contributed by atoms with Crippen LogP contribution in [-0.2, 0) is 10.0 Å². The van der Waals surface area contributed by atoms with Gasteiger partial charge in [0, 0.05) is 23.8 Å². The number of anilines is 1. The first-order valence-corrected chi connectivity index (χ1v) is 7.72. The van der Waals surface area contributed by atoms with E-state index in [0.717, 1.165) is 0 Å². The van der Waals surface area contributed by atoms with Crippen molar-refractivity contribution in [2.75, 3.05) is 18.8 Å². The molecule has 18 heavy (non-hydrogen) atoms. The lowest BCUT2D eigenvalue weighted by atomic mass is 10.0. The predicted octanol–water partition coefficient (Wildman–Crippen LogP) is 1.44. The Morgan fingerprint density at radius 1 is 1.50 bits per heavy atom. The minimum Gasteiger partial charge on any atom is -0.398 e. The largest absolute Gasteiger partial charge is 0.398 e. The molecular formula is C10H12BrClN2O3S. The molecule has 1 aliphatic heterocycles. The van der Waals surface area contributed by atoms with Crippen LogP contribution in [0.2, 0.25) is 5.02 Å². The Morgan fingerprint density at radius 3 is 2.56 bits per heavy atom. The number of nitrogens with zero attached hydrogens (tertiary/aromatic N) is 1. The molecule has 0 unspecified atom stereocenters. The molecule has 0 aromatic heterocycles. The molecule has 5 nitrogen and oxygen atoms in total. The second-order valence-electron chi connectivity index (χ2n) is 4.58. The zero-order valence-corrected chi connectivity index (χ0v) is 12.7. The Bertz CT molecular complexity index is 595. The highest BCUT2D eigenvalue weighted by Crippen LogP contribution is 2.36. The summed E-state index contributed by atoms with van der Waals surface area (Å²) in [5, 5.41) is 9.86. The highest BCUT2D eigenvalue weighted by Gasteiger charge is 2.44. The van der Waals surface area contributed by atoms with E-state index < -0.39 is 15.6 Å². The number of halogens is 2. The molecule has 1 aromatic rings. The number of nitrogen functional groups attached to an aromatic ring is 1. The first-order valence-electron chi connectivity index (χ1n) is 5.10. The third-order valence-electron chi connectivity index (χ3n) is 2.68. The van der Waals surface area contributed by atoms with Crippen molar-refractivity contribution >= 4 is 43.2 Å². The van der Waals surface area contributed by atoms with Crippen molar-refractivity contribution in [3.8, 4) is 0 Å². The molecule has 1 heterocycles. The van der Waals surface area contributed by atoms with Gasteiger partial charge in [0.25, 0.3) is 0 Å². The van der Waals surface area contributed by atoms with Gasteiger partial charge in [0.1, 0.15) is 0 Å². The van der Waals surface area contributed by atoms with Gasteiger partial charge in [0.05, 0.1) is 15.0 Å². The van der Waals surface area contributed by atoms with Gasteiger partial charge < -0.3 is 10.8 Å². The fourth-order valence-corrected chi connectivity index (χ4v) is 4.72. The molecule has 0 aliphatic carbocycles. The van der Waals surface area contributed by atoms with E-state index in [9.17, 15) is 13.5 Å². The maximum Gasteiger partial charge on any atom is 0.244 e. The Balaban J connectivity index is 2.43. The van der Waals surface area contributed by atoms with E-state index in [4.69, 9.17) is 17.3 Å². The van der Waals surface area contributed by atoms with Gasteiger partial charge in [-0.1, -0.05) is 11.6 Å². The van der Waals surface area contributed by atoms with Crippen LogP contribution in [0.1, 0.15) is 6.92 Å². The Hall–Kier alpha value is -0.340. The summed E-state index contributed by atoms with van der Waals surface area (Å²) in [5.41, 5.74) is 4.96. The van der Waals surface area contributed by atoms with Crippen molar-refractivity contribution in [3.63, 3.8) is 0 Å². The van der Waals surface area contributed by atoms with E-state index in [1.54, 1.807) is 6.92 Å². The van der Waals surface area contributed by atoms with Crippen LogP contribution in [0, 0.1) is 0 Å². The fourth-order valence-electron chi connectivity index (χ4n) is 1.79. The summed E-state index contributed by atoms with van der Waals surface area (Å²) >= 11 is 8.97. The van der Waals surface area contributed by atoms with Crippen LogP contribution in [-0.4, -0.2) is 36.5 Å². The monoisotopic (exact) mass is 354 g/mol. The Morgan fingerprint density at radius 2 is 2.06 bits per heavy atom. The van der Waals surface area contributed by atoms with Crippen LogP contribution in [0.5, 0.6) is 0 Å². The lowest BCUT2D eigenvalue weighted by molar-refractivity contribution is -0.0426. The molecular weight excluding hydrogens is 344 g/mol. The maximum absolute atomic E-state index is 12.3. The molecule has 0 bridgehead atoms. The van der Waals surface area contributed by atoms with E-state index >= 15 is 0 Å². The molecule has 1 aliphatic rings. The molecule has 0 saturated carbocycles. The van der Waals surface area contributed by atoms with Crippen LogP contribution in [0.3, 0.4) is 0 Å². The van der Waals surface area contributed by atoms with Crippen molar-refractivity contribution in [3.05, 3.63) is 21.6 Å². The number of rotatable bonds is 2. The molecule has 0 spiro atoms. The molecule has 1 saturated heterocycles. The molecule has 3 N–H and O–H groups in total. The lowest BCUT2D eigenvalue weighted by Gasteiger charge is -2.43. The Kier molecular flexibility index (Phi) is 3.40. The normalized spacial score (nSPS) is 19.6. The molecule has 1 aromatic carbocycles. The smallest absolute Gasteiger partial charge is 0.244 e. The zero-order valence-electron chi connectivity index (χ0n) is 9.52. The summed E-state index contributed by atoms with van der Waals surface area (Å²) in [6.45, 7) is 1.71. The molecule has 8 heteroatoms. The minimum absolute atomic E-state index is 0.0167. The fraction of sp³-hybridized carbons (Fsp3) is 0.400. The SMILES string of the molecule is CC1(O)CN(S(=O)(=O)c2cc(Cl)cc(N)c2Br)C1. The third kappa shape index (κ3) is 2.37. The zero-order chi connectivity index (χ0) is 13.7. The maximum atomic E-state index is 12.3. The average molecular weight is 356 g/mol. The number of sulfonamides is 1. The average Bonchev–Trinajstić information content (AvgIpc) is 2.19. The van der Waals surface area contributed by atoms with Crippen LogP contribution < -0.4 is 5.73 Å². The lowest BCUT2D eigenvalue weighted by Crippen LogP contribution is -2.61. The van der Waals surface area contributed by atoms with Crippen LogP contribution >= 0.6 is 27.5 Å². The van der Waals surface area contributed by atoms with Crippen molar-refractivity contribution in [2.45, 2.75) is 17.4 Å². The van der Waals surface area contributed by atoms with E-state index in [2.05, 4.69) is 15.9 Å². The highest BCUT2D eigenvalue weighted by molar-refractivity contribution is 9.10. The molecule has 2 rings (SSSR count). The number of nitrogens with two attached hydrogens (primary N) is 1. The van der Waals surface area contributed by atoms with Gasteiger partial charge in [-0.2, -0.15) is 4.31 Å². The summed E-state index contributed by atoms with van der Waals surface area (Å²) in [7, 11) is -3.69. The highest BCUT2D eigenvalue weighted by atomic mass is 79.9. The van der Waals surface area contributed by atoms with Gasteiger partial charge >= 0.3 is 0 Å². The summed E-state index contributed by atoms with van der Waals surface area (Å²) in [6, 6.07) is 2.81. The van der Waals surface area contributed by atoms with Gasteiger partial charge in [-0.05, 0) is 35.0 Å². The summed E-state index contributed by atoms with van der Waals surface area (Å²) in [4.78, 5) is 0.0167. The first kappa shape index (κ1) is 14.1. The Labute approximate surface area is 119 Å². The van der Waals surface area contributed by atoms with Crippen LogP contribution in [0.15, 0.2) is 21.5 Å². The minimum atomic E-state index is -3.69. The molecule has 1 fully saturated rings. The van der Waals surface area contributed by atoms with Gasteiger partial charge in [0.15, 0.2) is 0 Å². The summed E-state index contributed by atoms with van der Waals surface area (Å²) in [6.07, 6.45) is 0. The standard InChI is InChI=1S/C10H12BrClN2O3S/c1-10(15)4-14(5-10)18(16,17)8-3-6(12)2-7(13)9(8)11/h2-3,15H,4-5,13H2,1H3. The van der Waals surface area contributed by atoms with Gasteiger partial charge in [-0.3, -0.25) is 0 Å². The van der Waals surface area contributed by atoms with Crippen molar-refractivity contribution < 1.29 is 13.5 Å². The number of hydrogen-bond donors (Lipinski definition) is 2. The number of aliphatic hydroxyl groups is 1. The quantitative estimate of drug-likeness (QED) is 0.786. The van der Waals surface area contributed by atoms with E-state index in [-0.39, 0.29) is 28.7 Å². The van der Waals surface area contributed by atoms with Gasteiger partial charge in [0.2, 0.25) is 10.0 Å². The number of benzene rings is 1. The van der Waals surface area contributed by atoms with Crippen LogP contribution in [0.25, 0.3) is 0 Å². The second-order valence-corrected chi connectivity index (χ2v) is 7.71. The number of hydrogen-bond acceptors (Lipinski definition) is 4. The topological polar surface area (TPSA) is 83.6 Å².